The van der Waals surface area contributed by atoms with Crippen molar-refractivity contribution in [3.05, 3.63) is 64.1 Å². The summed E-state index contributed by atoms with van der Waals surface area (Å²) in [6.07, 6.45) is 0. The van der Waals surface area contributed by atoms with Crippen molar-refractivity contribution < 1.29 is 0 Å². The number of hydrogen-bond acceptors (Lipinski definition) is 4. The Hall–Kier alpha value is -1.36. The van der Waals surface area contributed by atoms with Gasteiger partial charge in [-0.25, -0.2) is 4.98 Å². The van der Waals surface area contributed by atoms with Crippen LogP contribution in [0.2, 0.25) is 5.02 Å². The SMILES string of the molecule is Cc1cccc(SCc2nc(-c3ccc(Cl)cc3)ns2)c1. The van der Waals surface area contributed by atoms with Crippen LogP contribution in [-0.4, -0.2) is 9.36 Å². The maximum absolute atomic E-state index is 5.89. The molecule has 2 nitrogen and oxygen atoms in total. The van der Waals surface area contributed by atoms with Crippen LogP contribution in [0.5, 0.6) is 0 Å². The van der Waals surface area contributed by atoms with Crippen molar-refractivity contribution in [2.24, 2.45) is 0 Å². The first-order valence-electron chi connectivity index (χ1n) is 6.49. The molecule has 1 aromatic heterocycles. The summed E-state index contributed by atoms with van der Waals surface area (Å²) in [7, 11) is 0. The topological polar surface area (TPSA) is 25.8 Å². The largest absolute Gasteiger partial charge is 0.219 e. The molecule has 0 fully saturated rings. The Labute approximate surface area is 137 Å². The molecule has 21 heavy (non-hydrogen) atoms. The number of halogens is 1. The first kappa shape index (κ1) is 14.6. The summed E-state index contributed by atoms with van der Waals surface area (Å²) >= 11 is 9.14. The van der Waals surface area contributed by atoms with Crippen LogP contribution >= 0.6 is 34.9 Å². The van der Waals surface area contributed by atoms with Crippen LogP contribution < -0.4 is 0 Å². The second kappa shape index (κ2) is 6.60. The van der Waals surface area contributed by atoms with Gasteiger partial charge in [0.25, 0.3) is 0 Å². The molecule has 1 heterocycles. The lowest BCUT2D eigenvalue weighted by atomic mass is 10.2. The molecule has 106 valence electrons. The van der Waals surface area contributed by atoms with Gasteiger partial charge in [0.2, 0.25) is 0 Å². The molecule has 2 aromatic carbocycles. The van der Waals surface area contributed by atoms with E-state index < -0.39 is 0 Å². The van der Waals surface area contributed by atoms with Gasteiger partial charge in [-0.05, 0) is 54.9 Å². The van der Waals surface area contributed by atoms with Crippen LogP contribution in [-0.2, 0) is 5.75 Å². The maximum Gasteiger partial charge on any atom is 0.173 e. The minimum absolute atomic E-state index is 0.726. The van der Waals surface area contributed by atoms with Gasteiger partial charge in [0, 0.05) is 15.5 Å². The van der Waals surface area contributed by atoms with Crippen LogP contribution in [0.25, 0.3) is 11.4 Å². The maximum atomic E-state index is 5.89. The molecule has 0 aliphatic carbocycles. The average Bonchev–Trinajstić information content (AvgIpc) is 2.95. The van der Waals surface area contributed by atoms with Crippen LogP contribution in [0, 0.1) is 6.92 Å². The Morgan fingerprint density at radius 1 is 1.14 bits per heavy atom. The van der Waals surface area contributed by atoms with Gasteiger partial charge >= 0.3 is 0 Å². The van der Waals surface area contributed by atoms with E-state index in [0.29, 0.717) is 0 Å². The quantitative estimate of drug-likeness (QED) is 0.593. The molecule has 3 aromatic rings. The van der Waals surface area contributed by atoms with Crippen molar-refractivity contribution >= 4 is 34.9 Å². The van der Waals surface area contributed by atoms with E-state index in [-0.39, 0.29) is 0 Å². The molecule has 5 heteroatoms. The molecule has 0 radical (unpaired) electrons. The summed E-state index contributed by atoms with van der Waals surface area (Å²) in [5, 5.41) is 1.76. The fourth-order valence-electron chi connectivity index (χ4n) is 1.88. The van der Waals surface area contributed by atoms with E-state index in [1.165, 1.54) is 22.0 Å². The van der Waals surface area contributed by atoms with Crippen molar-refractivity contribution in [2.45, 2.75) is 17.6 Å². The van der Waals surface area contributed by atoms with Gasteiger partial charge in [-0.1, -0.05) is 29.3 Å². The highest BCUT2D eigenvalue weighted by molar-refractivity contribution is 7.98. The predicted octanol–water partition coefficient (Wildman–Crippen LogP) is 5.46. The van der Waals surface area contributed by atoms with Crippen molar-refractivity contribution in [3.8, 4) is 11.4 Å². The molecular weight excluding hydrogens is 320 g/mol. The Morgan fingerprint density at radius 2 is 1.95 bits per heavy atom. The summed E-state index contributed by atoms with van der Waals surface area (Å²) in [6, 6.07) is 16.1. The molecule has 0 saturated carbocycles. The Balaban J connectivity index is 1.69. The zero-order valence-corrected chi connectivity index (χ0v) is 13.8. The number of hydrogen-bond donors (Lipinski definition) is 0. The minimum Gasteiger partial charge on any atom is -0.219 e. The highest BCUT2D eigenvalue weighted by Crippen LogP contribution is 2.26. The van der Waals surface area contributed by atoms with Gasteiger partial charge < -0.3 is 0 Å². The number of nitrogens with zero attached hydrogens (tertiary/aromatic N) is 2. The molecule has 0 amide bonds. The fourth-order valence-corrected chi connectivity index (χ4v) is 3.66. The Bertz CT molecular complexity index is 738. The monoisotopic (exact) mass is 332 g/mol. The molecule has 0 atom stereocenters. The zero-order valence-electron chi connectivity index (χ0n) is 11.4. The van der Waals surface area contributed by atoms with Crippen LogP contribution in [0.1, 0.15) is 10.6 Å². The van der Waals surface area contributed by atoms with Crippen molar-refractivity contribution in [1.29, 1.82) is 0 Å². The standard InChI is InChI=1S/C16H13ClN2S2/c1-11-3-2-4-14(9-11)20-10-15-18-16(19-21-15)12-5-7-13(17)8-6-12/h2-9H,10H2,1H3. The van der Waals surface area contributed by atoms with E-state index in [0.717, 1.165) is 27.2 Å². The van der Waals surface area contributed by atoms with Crippen molar-refractivity contribution in [3.63, 3.8) is 0 Å². The third kappa shape index (κ3) is 3.84. The van der Waals surface area contributed by atoms with Gasteiger partial charge in [0.1, 0.15) is 5.01 Å². The number of thioether (sulfide) groups is 1. The van der Waals surface area contributed by atoms with Gasteiger partial charge in [-0.3, -0.25) is 0 Å². The van der Waals surface area contributed by atoms with E-state index in [2.05, 4.69) is 40.5 Å². The lowest BCUT2D eigenvalue weighted by molar-refractivity contribution is 1.23. The third-order valence-electron chi connectivity index (χ3n) is 2.92. The molecule has 0 saturated heterocycles. The second-order valence-electron chi connectivity index (χ2n) is 4.62. The summed E-state index contributed by atoms with van der Waals surface area (Å²) < 4.78 is 4.42. The highest BCUT2D eigenvalue weighted by atomic mass is 35.5. The molecular formula is C16H13ClN2S2. The van der Waals surface area contributed by atoms with E-state index in [1.54, 1.807) is 11.8 Å². The molecule has 0 spiro atoms. The number of rotatable bonds is 4. The Kier molecular flexibility index (Phi) is 4.58. The lowest BCUT2D eigenvalue weighted by Gasteiger charge is -2.00. The first-order chi connectivity index (χ1) is 10.2. The summed E-state index contributed by atoms with van der Waals surface area (Å²) in [5.74, 6) is 1.62. The average molecular weight is 333 g/mol. The molecule has 0 N–H and O–H groups in total. The molecule has 3 rings (SSSR count). The zero-order chi connectivity index (χ0) is 14.7. The summed E-state index contributed by atoms with van der Waals surface area (Å²) in [6.45, 7) is 2.10. The molecule has 0 aliphatic heterocycles. The number of aryl methyl sites for hydroxylation is 1. The van der Waals surface area contributed by atoms with Crippen LogP contribution in [0.4, 0.5) is 0 Å². The summed E-state index contributed by atoms with van der Waals surface area (Å²) in [5.41, 5.74) is 2.28. The van der Waals surface area contributed by atoms with E-state index in [9.17, 15) is 0 Å². The lowest BCUT2D eigenvalue weighted by Crippen LogP contribution is -1.83. The normalized spacial score (nSPS) is 10.8. The van der Waals surface area contributed by atoms with Crippen molar-refractivity contribution in [1.82, 2.24) is 9.36 Å². The predicted molar refractivity (Wildman–Crippen MR) is 91.1 cm³/mol. The van der Waals surface area contributed by atoms with Crippen molar-refractivity contribution in [2.75, 3.05) is 0 Å². The minimum atomic E-state index is 0.726. The Morgan fingerprint density at radius 3 is 2.71 bits per heavy atom. The van der Waals surface area contributed by atoms with Gasteiger partial charge in [0.05, 0.1) is 5.75 Å². The second-order valence-corrected chi connectivity index (χ2v) is 6.95. The number of benzene rings is 2. The highest BCUT2D eigenvalue weighted by Gasteiger charge is 2.07. The first-order valence-corrected chi connectivity index (χ1v) is 8.62. The molecule has 0 bridgehead atoms. The van der Waals surface area contributed by atoms with Gasteiger partial charge in [-0.15, -0.1) is 11.8 Å². The van der Waals surface area contributed by atoms with E-state index in [4.69, 9.17) is 11.6 Å². The fraction of sp³-hybridized carbons (Fsp3) is 0.125. The van der Waals surface area contributed by atoms with Crippen LogP contribution in [0.15, 0.2) is 53.4 Å². The van der Waals surface area contributed by atoms with Gasteiger partial charge in [0.15, 0.2) is 5.82 Å². The van der Waals surface area contributed by atoms with Gasteiger partial charge in [-0.2, -0.15) is 4.37 Å². The molecule has 0 aliphatic rings. The summed E-state index contributed by atoms with van der Waals surface area (Å²) in [4.78, 5) is 5.85. The number of aromatic nitrogens is 2. The molecule has 0 unspecified atom stereocenters. The smallest absolute Gasteiger partial charge is 0.173 e. The van der Waals surface area contributed by atoms with Crippen LogP contribution in [0.3, 0.4) is 0 Å². The van der Waals surface area contributed by atoms with E-state index >= 15 is 0 Å². The van der Waals surface area contributed by atoms with E-state index in [1.807, 2.05) is 24.3 Å². The third-order valence-corrected chi connectivity index (χ3v) is 5.07.